The SMILES string of the molecule is NC1=CC(=Nc2cccc(/N=C3\C=C(N)c4ccccc43)n2)c2ccccc21. The maximum atomic E-state index is 6.11. The van der Waals surface area contributed by atoms with Gasteiger partial charge in [-0.15, -0.1) is 0 Å². The van der Waals surface area contributed by atoms with Crippen LogP contribution in [-0.4, -0.2) is 16.4 Å². The highest BCUT2D eigenvalue weighted by Gasteiger charge is 2.18. The minimum atomic E-state index is 0.584. The summed E-state index contributed by atoms with van der Waals surface area (Å²) in [5, 5.41) is 0. The molecular weight excluding hydrogens is 346 g/mol. The Morgan fingerprint density at radius 3 is 1.43 bits per heavy atom. The Balaban J connectivity index is 1.53. The molecule has 0 atom stereocenters. The largest absolute Gasteiger partial charge is 0.398 e. The van der Waals surface area contributed by atoms with Gasteiger partial charge >= 0.3 is 0 Å². The zero-order chi connectivity index (χ0) is 19.1. The monoisotopic (exact) mass is 363 g/mol. The van der Waals surface area contributed by atoms with Gasteiger partial charge in [0.2, 0.25) is 0 Å². The normalized spacial score (nSPS) is 17.4. The van der Waals surface area contributed by atoms with Crippen LogP contribution in [0.1, 0.15) is 22.3 Å². The molecule has 4 N–H and O–H groups in total. The second kappa shape index (κ2) is 6.32. The summed E-state index contributed by atoms with van der Waals surface area (Å²) in [7, 11) is 0. The molecule has 0 fully saturated rings. The zero-order valence-electron chi connectivity index (χ0n) is 15.0. The first-order valence-electron chi connectivity index (χ1n) is 8.97. The smallest absolute Gasteiger partial charge is 0.155 e. The lowest BCUT2D eigenvalue weighted by Gasteiger charge is -2.02. The van der Waals surface area contributed by atoms with Gasteiger partial charge in [-0.05, 0) is 24.3 Å². The maximum absolute atomic E-state index is 6.11. The third-order valence-corrected chi connectivity index (χ3v) is 4.80. The molecule has 0 saturated carbocycles. The summed E-state index contributed by atoms with van der Waals surface area (Å²) in [5.41, 5.74) is 19.3. The van der Waals surface area contributed by atoms with Crippen LogP contribution in [0.3, 0.4) is 0 Å². The van der Waals surface area contributed by atoms with Gasteiger partial charge in [-0.3, -0.25) is 0 Å². The van der Waals surface area contributed by atoms with E-state index in [1.807, 2.05) is 78.9 Å². The topological polar surface area (TPSA) is 89.6 Å². The number of pyridine rings is 1. The van der Waals surface area contributed by atoms with Crippen molar-refractivity contribution in [1.82, 2.24) is 4.98 Å². The summed E-state index contributed by atoms with van der Waals surface area (Å²) in [4.78, 5) is 13.9. The summed E-state index contributed by atoms with van der Waals surface area (Å²) in [6.07, 6.45) is 3.75. The third-order valence-electron chi connectivity index (χ3n) is 4.80. The first-order valence-corrected chi connectivity index (χ1v) is 8.97. The Kier molecular flexibility index (Phi) is 3.66. The fourth-order valence-corrected chi connectivity index (χ4v) is 3.49. The van der Waals surface area contributed by atoms with Crippen LogP contribution in [0, 0.1) is 0 Å². The van der Waals surface area contributed by atoms with E-state index in [1.165, 1.54) is 0 Å². The molecule has 0 radical (unpaired) electrons. The first-order chi connectivity index (χ1) is 13.7. The van der Waals surface area contributed by atoms with E-state index in [-0.39, 0.29) is 0 Å². The molecule has 134 valence electrons. The molecule has 1 heterocycles. The molecule has 0 saturated heterocycles. The lowest BCUT2D eigenvalue weighted by molar-refractivity contribution is 1.24. The highest BCUT2D eigenvalue weighted by molar-refractivity contribution is 6.20. The molecule has 0 spiro atoms. The lowest BCUT2D eigenvalue weighted by Crippen LogP contribution is -1.95. The van der Waals surface area contributed by atoms with Gasteiger partial charge < -0.3 is 11.5 Å². The maximum Gasteiger partial charge on any atom is 0.155 e. The van der Waals surface area contributed by atoms with Crippen LogP contribution in [0.4, 0.5) is 11.6 Å². The molecule has 2 aliphatic rings. The lowest BCUT2D eigenvalue weighted by atomic mass is 10.1. The summed E-state index contributed by atoms with van der Waals surface area (Å²) >= 11 is 0. The van der Waals surface area contributed by atoms with Crippen molar-refractivity contribution in [2.24, 2.45) is 21.5 Å². The summed E-state index contributed by atoms with van der Waals surface area (Å²) in [6.45, 7) is 0. The van der Waals surface area contributed by atoms with Crippen LogP contribution in [-0.2, 0) is 0 Å². The predicted molar refractivity (Wildman–Crippen MR) is 114 cm³/mol. The number of benzene rings is 2. The van der Waals surface area contributed by atoms with Gasteiger partial charge in [0, 0.05) is 33.6 Å². The number of nitrogens with two attached hydrogens (primary N) is 2. The number of aliphatic imine (C=N–C) groups is 2. The van der Waals surface area contributed by atoms with E-state index in [4.69, 9.17) is 11.5 Å². The second-order valence-electron chi connectivity index (χ2n) is 6.64. The van der Waals surface area contributed by atoms with E-state index >= 15 is 0 Å². The average molecular weight is 363 g/mol. The van der Waals surface area contributed by atoms with Crippen molar-refractivity contribution in [1.29, 1.82) is 0 Å². The van der Waals surface area contributed by atoms with E-state index in [2.05, 4.69) is 15.0 Å². The third kappa shape index (κ3) is 2.70. The summed E-state index contributed by atoms with van der Waals surface area (Å²) in [5.74, 6) is 1.17. The highest BCUT2D eigenvalue weighted by atomic mass is 15.0. The second-order valence-corrected chi connectivity index (χ2v) is 6.64. The Morgan fingerprint density at radius 2 is 0.964 bits per heavy atom. The molecule has 0 amide bonds. The number of fused-ring (bicyclic) bond motifs is 2. The molecule has 2 aromatic carbocycles. The zero-order valence-corrected chi connectivity index (χ0v) is 15.0. The molecule has 28 heavy (non-hydrogen) atoms. The van der Waals surface area contributed by atoms with Gasteiger partial charge in [0.25, 0.3) is 0 Å². The van der Waals surface area contributed by atoms with Crippen molar-refractivity contribution in [3.05, 3.63) is 101 Å². The van der Waals surface area contributed by atoms with Crippen molar-refractivity contribution >= 4 is 34.5 Å². The van der Waals surface area contributed by atoms with Gasteiger partial charge in [-0.1, -0.05) is 54.6 Å². The van der Waals surface area contributed by atoms with Crippen molar-refractivity contribution < 1.29 is 0 Å². The van der Waals surface area contributed by atoms with Crippen molar-refractivity contribution in [2.45, 2.75) is 0 Å². The first kappa shape index (κ1) is 16.2. The van der Waals surface area contributed by atoms with Crippen LogP contribution >= 0.6 is 0 Å². The Labute approximate surface area is 162 Å². The number of hydrogen-bond acceptors (Lipinski definition) is 5. The molecule has 3 aromatic rings. The van der Waals surface area contributed by atoms with Gasteiger partial charge in [-0.2, -0.15) is 0 Å². The molecule has 1 aromatic heterocycles. The summed E-state index contributed by atoms with van der Waals surface area (Å²) in [6, 6.07) is 21.5. The van der Waals surface area contributed by atoms with E-state index < -0.39 is 0 Å². The van der Waals surface area contributed by atoms with E-state index in [0.29, 0.717) is 23.0 Å². The van der Waals surface area contributed by atoms with Gasteiger partial charge in [-0.25, -0.2) is 15.0 Å². The molecule has 2 aliphatic carbocycles. The quantitative estimate of drug-likeness (QED) is 0.722. The Bertz CT molecular complexity index is 1140. The fraction of sp³-hybridized carbons (Fsp3) is 0. The van der Waals surface area contributed by atoms with Crippen molar-refractivity contribution in [3.63, 3.8) is 0 Å². The highest BCUT2D eigenvalue weighted by Crippen LogP contribution is 2.28. The Hall–Kier alpha value is -3.99. The van der Waals surface area contributed by atoms with Gasteiger partial charge in [0.1, 0.15) is 0 Å². The number of rotatable bonds is 2. The predicted octanol–water partition coefficient (Wildman–Crippen LogP) is 3.95. The van der Waals surface area contributed by atoms with E-state index in [0.717, 1.165) is 33.7 Å². The molecule has 5 rings (SSSR count). The van der Waals surface area contributed by atoms with Gasteiger partial charge in [0.15, 0.2) is 11.6 Å². The standard InChI is InChI=1S/C23H17N5/c24-18-12-20(16-8-3-1-6-14(16)18)26-22-10-5-11-23(28-22)27-21-13-19(25)15-7-2-4-9-17(15)21/h1-13H,24-25H2/b26-20+,27-21?. The van der Waals surface area contributed by atoms with Crippen molar-refractivity contribution in [2.75, 3.05) is 0 Å². The van der Waals surface area contributed by atoms with Crippen molar-refractivity contribution in [3.8, 4) is 0 Å². The molecule has 0 aliphatic heterocycles. The van der Waals surface area contributed by atoms with Crippen LogP contribution < -0.4 is 11.5 Å². The minimum absolute atomic E-state index is 0.584. The number of nitrogens with zero attached hydrogens (tertiary/aromatic N) is 3. The molecular formula is C23H17N5. The molecule has 5 nitrogen and oxygen atoms in total. The van der Waals surface area contributed by atoms with E-state index in [1.54, 1.807) is 0 Å². The number of allylic oxidation sites excluding steroid dienone is 2. The Morgan fingerprint density at radius 1 is 0.536 bits per heavy atom. The van der Waals surface area contributed by atoms with Crippen LogP contribution in [0.5, 0.6) is 0 Å². The summed E-state index contributed by atoms with van der Waals surface area (Å²) < 4.78 is 0. The van der Waals surface area contributed by atoms with E-state index in [9.17, 15) is 0 Å². The molecule has 0 unspecified atom stereocenters. The van der Waals surface area contributed by atoms with Crippen LogP contribution in [0.2, 0.25) is 0 Å². The van der Waals surface area contributed by atoms with Crippen LogP contribution in [0.25, 0.3) is 11.4 Å². The average Bonchev–Trinajstić information content (AvgIpc) is 3.20. The molecule has 0 bridgehead atoms. The van der Waals surface area contributed by atoms with Crippen LogP contribution in [0.15, 0.2) is 88.9 Å². The number of aromatic nitrogens is 1. The molecule has 5 heteroatoms. The number of hydrogen-bond donors (Lipinski definition) is 2. The fourth-order valence-electron chi connectivity index (χ4n) is 3.49. The van der Waals surface area contributed by atoms with Gasteiger partial charge in [0.05, 0.1) is 11.4 Å². The minimum Gasteiger partial charge on any atom is -0.398 e.